The first kappa shape index (κ1) is 25.7. The van der Waals surface area contributed by atoms with Crippen molar-refractivity contribution >= 4 is 17.3 Å². The Morgan fingerprint density at radius 3 is 2.69 bits per heavy atom. The molecule has 0 saturated carbocycles. The summed E-state index contributed by atoms with van der Waals surface area (Å²) >= 11 is 0. The molecule has 1 saturated heterocycles. The summed E-state index contributed by atoms with van der Waals surface area (Å²) in [6.07, 6.45) is 4.70. The minimum absolute atomic E-state index is 0.0886. The highest BCUT2D eigenvalue weighted by molar-refractivity contribution is 6.05. The average molecular weight is 529 g/mol. The van der Waals surface area contributed by atoms with E-state index in [1.807, 2.05) is 11.0 Å². The van der Waals surface area contributed by atoms with E-state index in [0.29, 0.717) is 39.3 Å². The number of aliphatic hydroxyl groups excluding tert-OH is 1. The third-order valence-corrected chi connectivity index (χ3v) is 6.58. The van der Waals surface area contributed by atoms with Gasteiger partial charge in [-0.3, -0.25) is 14.6 Å². The minimum atomic E-state index is -1.00. The molecule has 0 unspecified atom stereocenters. The van der Waals surface area contributed by atoms with Crippen molar-refractivity contribution in [1.29, 1.82) is 5.26 Å². The summed E-state index contributed by atoms with van der Waals surface area (Å²) in [5.74, 6) is -2.72. The lowest BCUT2D eigenvalue weighted by Crippen LogP contribution is -2.33. The number of halogens is 2. The van der Waals surface area contributed by atoms with Gasteiger partial charge in [-0.25, -0.2) is 8.78 Å². The Hall–Kier alpha value is -4.95. The van der Waals surface area contributed by atoms with Crippen LogP contribution in [0, 0.1) is 23.0 Å². The van der Waals surface area contributed by atoms with Crippen LogP contribution in [0.4, 0.5) is 20.2 Å². The largest absolute Gasteiger partial charge is 0.394 e. The Balaban J connectivity index is 1.54. The number of nitrogens with zero attached hydrogens (tertiary/aromatic N) is 5. The highest BCUT2D eigenvalue weighted by Crippen LogP contribution is 2.36. The molecule has 1 fully saturated rings. The Labute approximate surface area is 221 Å². The summed E-state index contributed by atoms with van der Waals surface area (Å²) in [6, 6.07) is 14.1. The molecular formula is C28H22F2N6O3. The van der Waals surface area contributed by atoms with E-state index in [9.17, 15) is 28.7 Å². The standard InChI is InChI=1S/C28H22F2N6O3/c29-21-4-1-5-22(30)27(21)36-26(38)9-8-24(34-36)28(39)33-23-7-6-17(20-15-32-11-10-18(20)14-31)13-25(23)35-12-2-3-19(35)16-37/h1,4-11,13,15,19,37H,2-3,12,16H2,(H,33,39)/t19-/m0/s1. The van der Waals surface area contributed by atoms with Gasteiger partial charge in [-0.15, -0.1) is 0 Å². The molecule has 4 aromatic rings. The van der Waals surface area contributed by atoms with Gasteiger partial charge in [-0.05, 0) is 54.8 Å². The minimum Gasteiger partial charge on any atom is -0.394 e. The van der Waals surface area contributed by atoms with Gasteiger partial charge < -0.3 is 15.3 Å². The van der Waals surface area contributed by atoms with Crippen LogP contribution >= 0.6 is 0 Å². The molecule has 2 N–H and O–H groups in total. The lowest BCUT2D eigenvalue weighted by Gasteiger charge is -2.28. The molecule has 1 aliphatic heterocycles. The van der Waals surface area contributed by atoms with Crippen LogP contribution in [-0.4, -0.2) is 45.0 Å². The van der Waals surface area contributed by atoms with Crippen molar-refractivity contribution in [2.45, 2.75) is 18.9 Å². The fourth-order valence-corrected chi connectivity index (χ4v) is 4.68. The maximum absolute atomic E-state index is 14.3. The van der Waals surface area contributed by atoms with E-state index in [-0.39, 0.29) is 18.3 Å². The molecule has 0 radical (unpaired) electrons. The molecule has 0 aliphatic carbocycles. The third kappa shape index (κ3) is 4.97. The van der Waals surface area contributed by atoms with E-state index in [0.717, 1.165) is 37.1 Å². The van der Waals surface area contributed by atoms with E-state index >= 15 is 0 Å². The fraction of sp³-hybridized carbons (Fsp3) is 0.179. The fourth-order valence-electron chi connectivity index (χ4n) is 4.68. The van der Waals surface area contributed by atoms with Crippen LogP contribution in [-0.2, 0) is 0 Å². The quantitative estimate of drug-likeness (QED) is 0.391. The molecule has 2 aromatic heterocycles. The van der Waals surface area contributed by atoms with Crippen molar-refractivity contribution in [3.05, 3.63) is 100 Å². The van der Waals surface area contributed by atoms with Gasteiger partial charge in [0.15, 0.2) is 11.6 Å². The molecule has 2 aromatic carbocycles. The monoisotopic (exact) mass is 528 g/mol. The second kappa shape index (κ2) is 10.8. The Morgan fingerprint density at radius 1 is 1.15 bits per heavy atom. The van der Waals surface area contributed by atoms with E-state index in [1.54, 1.807) is 24.4 Å². The van der Waals surface area contributed by atoms with Crippen molar-refractivity contribution in [3.8, 4) is 22.9 Å². The molecule has 0 spiro atoms. The van der Waals surface area contributed by atoms with Gasteiger partial charge in [-0.1, -0.05) is 12.1 Å². The normalized spacial score (nSPS) is 14.7. The van der Waals surface area contributed by atoms with Crippen molar-refractivity contribution in [1.82, 2.24) is 14.8 Å². The zero-order chi connectivity index (χ0) is 27.5. The van der Waals surface area contributed by atoms with Crippen LogP contribution in [0.5, 0.6) is 0 Å². The van der Waals surface area contributed by atoms with Gasteiger partial charge in [-0.2, -0.15) is 15.0 Å². The number of rotatable bonds is 6. The van der Waals surface area contributed by atoms with Crippen molar-refractivity contribution in [3.63, 3.8) is 0 Å². The maximum atomic E-state index is 14.3. The van der Waals surface area contributed by atoms with Crippen LogP contribution in [0.25, 0.3) is 16.8 Å². The first-order valence-corrected chi connectivity index (χ1v) is 12.1. The molecule has 1 amide bonds. The SMILES string of the molecule is N#Cc1ccncc1-c1ccc(NC(=O)c2ccc(=O)n(-c3c(F)cccc3F)n2)c(N2CCC[C@H]2CO)c1. The zero-order valence-electron chi connectivity index (χ0n) is 20.5. The van der Waals surface area contributed by atoms with E-state index in [1.165, 1.54) is 12.3 Å². The Morgan fingerprint density at radius 2 is 1.95 bits per heavy atom. The molecular weight excluding hydrogens is 506 g/mol. The number of hydrogen-bond donors (Lipinski definition) is 2. The van der Waals surface area contributed by atoms with Crippen LogP contribution in [0.3, 0.4) is 0 Å². The summed E-state index contributed by atoms with van der Waals surface area (Å²) in [7, 11) is 0. The predicted octanol–water partition coefficient (Wildman–Crippen LogP) is 3.66. The van der Waals surface area contributed by atoms with Crippen molar-refractivity contribution < 1.29 is 18.7 Å². The maximum Gasteiger partial charge on any atom is 0.276 e. The molecule has 9 nitrogen and oxygen atoms in total. The molecule has 5 rings (SSSR count). The third-order valence-electron chi connectivity index (χ3n) is 6.58. The molecule has 1 atom stereocenters. The Bertz CT molecular complexity index is 1650. The molecule has 1 aliphatic rings. The Kier molecular flexibility index (Phi) is 7.12. The number of nitrogens with one attached hydrogen (secondary N) is 1. The first-order valence-electron chi connectivity index (χ1n) is 12.1. The van der Waals surface area contributed by atoms with Gasteiger partial charge in [0, 0.05) is 30.6 Å². The number of pyridine rings is 1. The molecule has 39 heavy (non-hydrogen) atoms. The summed E-state index contributed by atoms with van der Waals surface area (Å²) in [4.78, 5) is 31.7. The smallest absolute Gasteiger partial charge is 0.276 e. The van der Waals surface area contributed by atoms with Gasteiger partial charge in [0.2, 0.25) is 0 Å². The lowest BCUT2D eigenvalue weighted by atomic mass is 10.0. The number of aliphatic hydroxyl groups is 1. The molecule has 11 heteroatoms. The molecule has 0 bridgehead atoms. The zero-order valence-corrected chi connectivity index (χ0v) is 20.5. The van der Waals surface area contributed by atoms with Crippen LogP contribution < -0.4 is 15.8 Å². The number of carbonyl (C=O) groups is 1. The number of amides is 1. The summed E-state index contributed by atoms with van der Waals surface area (Å²) in [5.41, 5.74) is 0.994. The molecule has 3 heterocycles. The number of hydrogen-bond acceptors (Lipinski definition) is 7. The summed E-state index contributed by atoms with van der Waals surface area (Å²) in [5, 5.41) is 26.2. The van der Waals surface area contributed by atoms with Crippen molar-refractivity contribution in [2.24, 2.45) is 0 Å². The van der Waals surface area contributed by atoms with Gasteiger partial charge in [0.1, 0.15) is 11.4 Å². The van der Waals surface area contributed by atoms with Gasteiger partial charge in [0.05, 0.1) is 35.7 Å². The highest BCUT2D eigenvalue weighted by Gasteiger charge is 2.27. The second-order valence-corrected chi connectivity index (χ2v) is 8.93. The van der Waals surface area contributed by atoms with E-state index in [4.69, 9.17) is 0 Å². The lowest BCUT2D eigenvalue weighted by molar-refractivity contribution is 0.102. The van der Waals surface area contributed by atoms with Crippen molar-refractivity contribution in [2.75, 3.05) is 23.4 Å². The average Bonchev–Trinajstić information content (AvgIpc) is 3.43. The van der Waals surface area contributed by atoms with Gasteiger partial charge in [0.25, 0.3) is 11.5 Å². The van der Waals surface area contributed by atoms with Crippen LogP contribution in [0.2, 0.25) is 0 Å². The van der Waals surface area contributed by atoms with Crippen LogP contribution in [0.15, 0.2) is 71.8 Å². The summed E-state index contributed by atoms with van der Waals surface area (Å²) in [6.45, 7) is 0.542. The van der Waals surface area contributed by atoms with E-state index in [2.05, 4.69) is 21.5 Å². The highest BCUT2D eigenvalue weighted by atomic mass is 19.1. The number of anilines is 2. The van der Waals surface area contributed by atoms with Gasteiger partial charge >= 0.3 is 0 Å². The van der Waals surface area contributed by atoms with E-state index < -0.39 is 28.8 Å². The number of para-hydroxylation sites is 1. The number of benzene rings is 2. The topological polar surface area (TPSA) is 124 Å². The number of nitriles is 1. The van der Waals surface area contributed by atoms with Crippen LogP contribution in [0.1, 0.15) is 28.9 Å². The number of aromatic nitrogens is 3. The predicted molar refractivity (Wildman–Crippen MR) is 140 cm³/mol. The first-order chi connectivity index (χ1) is 18.9. The number of carbonyl (C=O) groups excluding carboxylic acids is 1. The molecule has 196 valence electrons. The summed E-state index contributed by atoms with van der Waals surface area (Å²) < 4.78 is 29.2. The second-order valence-electron chi connectivity index (χ2n) is 8.93.